The third kappa shape index (κ3) is 4.48. The Balaban J connectivity index is 2.05. The number of azo groups is 1. The summed E-state index contributed by atoms with van der Waals surface area (Å²) in [7, 11) is -15.2. The molecule has 0 aromatic heterocycles. The van der Waals surface area contributed by atoms with Gasteiger partial charge in [0.1, 0.15) is 22.0 Å². The lowest BCUT2D eigenvalue weighted by atomic mass is 10.1. The van der Waals surface area contributed by atoms with E-state index in [1.807, 2.05) is 0 Å². The molecular formula is C20H14N2O11S3. The van der Waals surface area contributed by atoms with Crippen molar-refractivity contribution >= 4 is 63.3 Å². The van der Waals surface area contributed by atoms with Crippen LogP contribution in [0.1, 0.15) is 0 Å². The fourth-order valence-electron chi connectivity index (χ4n) is 3.59. The first-order valence-corrected chi connectivity index (χ1v) is 13.8. The minimum absolute atomic E-state index is 0.138. The molecule has 0 unspecified atom stereocenters. The molecule has 0 atom stereocenters. The van der Waals surface area contributed by atoms with E-state index in [0.29, 0.717) is 0 Å². The van der Waals surface area contributed by atoms with E-state index < -0.39 is 67.6 Å². The third-order valence-corrected chi connectivity index (χ3v) is 7.91. The van der Waals surface area contributed by atoms with Gasteiger partial charge in [-0.15, -0.1) is 10.2 Å². The van der Waals surface area contributed by atoms with Crippen LogP contribution in [-0.4, -0.2) is 49.1 Å². The number of phenols is 2. The maximum atomic E-state index is 12.0. The Labute approximate surface area is 203 Å². The molecule has 0 radical (unpaired) electrons. The predicted octanol–water partition coefficient (Wildman–Crippen LogP) is 3.56. The van der Waals surface area contributed by atoms with Crippen LogP contribution in [-0.2, 0) is 30.4 Å². The number of nitrogens with zero attached hydrogens (tertiary/aromatic N) is 2. The molecule has 0 bridgehead atoms. The number of fused-ring (bicyclic) bond motifs is 2. The van der Waals surface area contributed by atoms with Crippen molar-refractivity contribution in [3.8, 4) is 11.5 Å². The molecule has 0 aliphatic heterocycles. The molecule has 188 valence electrons. The quantitative estimate of drug-likeness (QED) is 0.177. The standard InChI is InChI=1S/C20H14N2O11S3/c23-15-8-5-10-9-11(34(25,26)27)6-7-12(10)16(15)21-22-17-13-3-1-2-4-14(13)19(35(28,29)30)20(18(17)24)36(31,32)33/h1-9,23-24H,(H,25,26,27)(H,28,29,30)(H,31,32,33). The molecule has 4 aromatic carbocycles. The van der Waals surface area contributed by atoms with Crippen LogP contribution in [0.5, 0.6) is 11.5 Å². The largest absolute Gasteiger partial charge is 0.506 e. The molecular weight excluding hydrogens is 540 g/mol. The molecule has 0 fully saturated rings. The molecule has 0 spiro atoms. The Hall–Kier alpha value is -3.67. The summed E-state index contributed by atoms with van der Waals surface area (Å²) in [4.78, 5) is -3.24. The van der Waals surface area contributed by atoms with Crippen LogP contribution in [0.25, 0.3) is 21.5 Å². The van der Waals surface area contributed by atoms with Gasteiger partial charge < -0.3 is 10.2 Å². The highest BCUT2D eigenvalue weighted by Gasteiger charge is 2.33. The lowest BCUT2D eigenvalue weighted by Gasteiger charge is -2.13. The molecule has 0 aliphatic carbocycles. The SMILES string of the molecule is O=S(=O)(O)c1ccc2c(N=Nc3c(O)c(S(=O)(=O)O)c(S(=O)(=O)O)c4ccccc34)c(O)ccc2c1. The average molecular weight is 555 g/mol. The van der Waals surface area contributed by atoms with Crippen molar-refractivity contribution in [2.45, 2.75) is 14.7 Å². The van der Waals surface area contributed by atoms with E-state index in [1.165, 1.54) is 30.3 Å². The second-order valence-electron chi connectivity index (χ2n) is 7.34. The summed E-state index contributed by atoms with van der Waals surface area (Å²) < 4.78 is 99.2. The smallest absolute Gasteiger partial charge is 0.299 e. The van der Waals surface area contributed by atoms with E-state index in [2.05, 4.69) is 10.2 Å². The van der Waals surface area contributed by atoms with Crippen LogP contribution in [0.4, 0.5) is 11.4 Å². The summed E-state index contributed by atoms with van der Waals surface area (Å²) in [5, 5.41) is 28.3. The maximum absolute atomic E-state index is 12.0. The van der Waals surface area contributed by atoms with Crippen molar-refractivity contribution in [2.24, 2.45) is 10.2 Å². The molecule has 0 heterocycles. The Morgan fingerprint density at radius 2 is 1.17 bits per heavy atom. The van der Waals surface area contributed by atoms with E-state index in [0.717, 1.165) is 24.3 Å². The van der Waals surface area contributed by atoms with E-state index >= 15 is 0 Å². The van der Waals surface area contributed by atoms with Crippen LogP contribution in [0.3, 0.4) is 0 Å². The van der Waals surface area contributed by atoms with E-state index in [4.69, 9.17) is 0 Å². The monoisotopic (exact) mass is 554 g/mol. The summed E-state index contributed by atoms with van der Waals surface area (Å²) >= 11 is 0. The van der Waals surface area contributed by atoms with Gasteiger partial charge in [-0.2, -0.15) is 25.3 Å². The summed E-state index contributed by atoms with van der Waals surface area (Å²) in [5.74, 6) is -1.81. The van der Waals surface area contributed by atoms with Crippen molar-refractivity contribution in [3.63, 3.8) is 0 Å². The topological polar surface area (TPSA) is 228 Å². The molecule has 4 rings (SSSR count). The highest BCUT2D eigenvalue weighted by molar-refractivity contribution is 7.89. The highest BCUT2D eigenvalue weighted by Crippen LogP contribution is 2.46. The fourth-order valence-corrected chi connectivity index (χ4v) is 6.21. The molecule has 36 heavy (non-hydrogen) atoms. The number of aromatic hydroxyl groups is 2. The van der Waals surface area contributed by atoms with E-state index in [-0.39, 0.29) is 21.8 Å². The molecule has 0 saturated carbocycles. The summed E-state index contributed by atoms with van der Waals surface area (Å²) in [6, 6.07) is 10.8. The Kier molecular flexibility index (Phi) is 5.98. The van der Waals surface area contributed by atoms with Gasteiger partial charge in [0.2, 0.25) is 0 Å². The first-order valence-electron chi connectivity index (χ1n) is 9.48. The van der Waals surface area contributed by atoms with Gasteiger partial charge in [-0.1, -0.05) is 36.4 Å². The predicted molar refractivity (Wildman–Crippen MR) is 125 cm³/mol. The van der Waals surface area contributed by atoms with Gasteiger partial charge in [-0.3, -0.25) is 13.7 Å². The van der Waals surface area contributed by atoms with Gasteiger partial charge in [0.25, 0.3) is 30.4 Å². The lowest BCUT2D eigenvalue weighted by Crippen LogP contribution is -2.10. The Bertz CT molecular complexity index is 1930. The number of phenolic OH excluding ortho intramolecular Hbond substituents is 2. The van der Waals surface area contributed by atoms with Crippen molar-refractivity contribution in [3.05, 3.63) is 54.6 Å². The molecule has 0 aliphatic rings. The van der Waals surface area contributed by atoms with Crippen LogP contribution in [0.15, 0.2) is 79.5 Å². The van der Waals surface area contributed by atoms with Crippen molar-refractivity contribution in [2.75, 3.05) is 0 Å². The van der Waals surface area contributed by atoms with Crippen molar-refractivity contribution < 1.29 is 49.1 Å². The molecule has 4 aromatic rings. The molecule has 13 nitrogen and oxygen atoms in total. The van der Waals surface area contributed by atoms with E-state index in [1.54, 1.807) is 0 Å². The van der Waals surface area contributed by atoms with Crippen LogP contribution >= 0.6 is 0 Å². The lowest BCUT2D eigenvalue weighted by molar-refractivity contribution is 0.433. The van der Waals surface area contributed by atoms with E-state index in [9.17, 15) is 49.1 Å². The first kappa shape index (κ1) is 25.4. The van der Waals surface area contributed by atoms with Crippen molar-refractivity contribution in [1.29, 1.82) is 0 Å². The zero-order valence-corrected chi connectivity index (χ0v) is 20.0. The second kappa shape index (κ2) is 8.47. The minimum Gasteiger partial charge on any atom is -0.506 e. The molecule has 0 saturated heterocycles. The molecule has 5 N–H and O–H groups in total. The third-order valence-electron chi connectivity index (χ3n) is 5.08. The minimum atomic E-state index is -5.43. The van der Waals surface area contributed by atoms with Gasteiger partial charge in [-0.05, 0) is 23.6 Å². The van der Waals surface area contributed by atoms with Gasteiger partial charge in [0, 0.05) is 16.2 Å². The average Bonchev–Trinajstić information content (AvgIpc) is 2.76. The van der Waals surface area contributed by atoms with Gasteiger partial charge >= 0.3 is 0 Å². The van der Waals surface area contributed by atoms with Gasteiger partial charge in [-0.25, -0.2) is 0 Å². The number of rotatable bonds is 5. The number of hydrogen-bond acceptors (Lipinski definition) is 10. The number of hydrogen-bond donors (Lipinski definition) is 5. The summed E-state index contributed by atoms with van der Waals surface area (Å²) in [6.07, 6.45) is 0. The Morgan fingerprint density at radius 3 is 1.75 bits per heavy atom. The summed E-state index contributed by atoms with van der Waals surface area (Å²) in [6.45, 7) is 0. The first-order chi connectivity index (χ1) is 16.6. The van der Waals surface area contributed by atoms with Crippen molar-refractivity contribution in [1.82, 2.24) is 0 Å². The van der Waals surface area contributed by atoms with Crippen LogP contribution in [0, 0.1) is 0 Å². The van der Waals surface area contributed by atoms with Gasteiger partial charge in [0.15, 0.2) is 10.6 Å². The zero-order chi connectivity index (χ0) is 26.6. The molecule has 16 heteroatoms. The number of benzene rings is 4. The molecule has 0 amide bonds. The second-order valence-corrected chi connectivity index (χ2v) is 11.5. The Morgan fingerprint density at radius 1 is 0.583 bits per heavy atom. The normalized spacial score (nSPS) is 13.1. The fraction of sp³-hybridized carbons (Fsp3) is 0. The maximum Gasteiger partial charge on any atom is 0.299 e. The zero-order valence-electron chi connectivity index (χ0n) is 17.5. The highest BCUT2D eigenvalue weighted by atomic mass is 32.2. The van der Waals surface area contributed by atoms with Crippen LogP contribution < -0.4 is 0 Å². The summed E-state index contributed by atoms with van der Waals surface area (Å²) in [5.41, 5.74) is -0.887. The van der Waals surface area contributed by atoms with Crippen LogP contribution in [0.2, 0.25) is 0 Å². The van der Waals surface area contributed by atoms with Gasteiger partial charge in [0.05, 0.1) is 4.90 Å².